The maximum Gasteiger partial charge on any atom is 0.267 e. The molecule has 2 rings (SSSR count). The molecule has 0 aliphatic rings. The van der Waals surface area contributed by atoms with Gasteiger partial charge in [0.1, 0.15) is 11.6 Å². The van der Waals surface area contributed by atoms with Crippen LogP contribution in [-0.2, 0) is 20.0 Å². The molecule has 0 heterocycles. The van der Waals surface area contributed by atoms with Crippen molar-refractivity contribution < 1.29 is 25.6 Å². The third-order valence-corrected chi connectivity index (χ3v) is 4.64. The Balaban J connectivity index is 2.37. The minimum atomic E-state index is -4.51. The number of nitrogens with one attached hydrogen (secondary N) is 2. The average molecular weight is 362 g/mol. The number of rotatable bonds is 5. The lowest BCUT2D eigenvalue weighted by molar-refractivity contribution is 0.521. The molecule has 6 nitrogen and oxygen atoms in total. The zero-order valence-electron chi connectivity index (χ0n) is 11.7. The Labute approximate surface area is 132 Å². The second-order valence-corrected chi connectivity index (χ2v) is 7.98. The van der Waals surface area contributed by atoms with Crippen molar-refractivity contribution in [3.05, 3.63) is 54.1 Å². The van der Waals surface area contributed by atoms with Crippen molar-refractivity contribution in [1.82, 2.24) is 0 Å². The molecule has 0 saturated carbocycles. The first-order valence-corrected chi connectivity index (χ1v) is 9.51. The number of sulfonamides is 2. The van der Waals surface area contributed by atoms with Gasteiger partial charge in [0, 0.05) is 0 Å². The van der Waals surface area contributed by atoms with Crippen LogP contribution < -0.4 is 9.44 Å². The molecule has 2 aromatic carbocycles. The molecule has 0 saturated heterocycles. The smallest absolute Gasteiger partial charge is 0.267 e. The summed E-state index contributed by atoms with van der Waals surface area (Å²) in [4.78, 5) is -1.11. The molecule has 0 radical (unpaired) electrons. The van der Waals surface area contributed by atoms with E-state index in [2.05, 4.69) is 4.72 Å². The first kappa shape index (κ1) is 17.2. The van der Waals surface area contributed by atoms with Crippen molar-refractivity contribution in [2.24, 2.45) is 0 Å². The Morgan fingerprint density at radius 3 is 1.83 bits per heavy atom. The van der Waals surface area contributed by atoms with E-state index in [1.165, 1.54) is 24.3 Å². The summed E-state index contributed by atoms with van der Waals surface area (Å²) in [7, 11) is -8.06. The fraction of sp³-hybridized carbons (Fsp3) is 0.0769. The van der Waals surface area contributed by atoms with Gasteiger partial charge in [-0.05, 0) is 30.3 Å². The largest absolute Gasteiger partial charge is 0.284 e. The summed E-state index contributed by atoms with van der Waals surface area (Å²) in [5, 5.41) is 0. The highest BCUT2D eigenvalue weighted by Crippen LogP contribution is 2.23. The fourth-order valence-corrected chi connectivity index (χ4v) is 3.55. The predicted octanol–water partition coefficient (Wildman–Crippen LogP) is 2.14. The van der Waals surface area contributed by atoms with Gasteiger partial charge in [-0.1, -0.05) is 12.1 Å². The van der Waals surface area contributed by atoms with Crippen LogP contribution in [0.15, 0.2) is 47.4 Å². The van der Waals surface area contributed by atoms with E-state index in [9.17, 15) is 25.6 Å². The van der Waals surface area contributed by atoms with Crippen LogP contribution in [0, 0.1) is 11.6 Å². The number of halogens is 2. The van der Waals surface area contributed by atoms with E-state index in [-0.39, 0.29) is 11.4 Å². The van der Waals surface area contributed by atoms with Gasteiger partial charge in [-0.25, -0.2) is 25.6 Å². The van der Waals surface area contributed by atoms with Crippen LogP contribution in [-0.4, -0.2) is 23.1 Å². The first-order chi connectivity index (χ1) is 10.6. The molecule has 0 amide bonds. The molecule has 0 unspecified atom stereocenters. The first-order valence-electron chi connectivity index (χ1n) is 6.13. The van der Waals surface area contributed by atoms with Gasteiger partial charge >= 0.3 is 0 Å². The zero-order valence-corrected chi connectivity index (χ0v) is 13.4. The van der Waals surface area contributed by atoms with Crippen LogP contribution >= 0.6 is 0 Å². The minimum Gasteiger partial charge on any atom is -0.284 e. The van der Waals surface area contributed by atoms with Crippen LogP contribution in [0.25, 0.3) is 0 Å². The summed E-state index contributed by atoms with van der Waals surface area (Å²) in [5.74, 6) is -2.47. The van der Waals surface area contributed by atoms with Gasteiger partial charge in [0.15, 0.2) is 4.90 Å². The van der Waals surface area contributed by atoms with Crippen molar-refractivity contribution in [1.29, 1.82) is 0 Å². The molecule has 0 atom stereocenters. The quantitative estimate of drug-likeness (QED) is 0.852. The third-order valence-electron chi connectivity index (χ3n) is 2.61. The maximum atomic E-state index is 13.6. The molecule has 2 aromatic rings. The standard InChI is InChI=1S/C13H12F2N2O4S2/c1-22(18,19)16-9-4-2-5-10(8-9)17-23(20,21)13-11(14)6-3-7-12(13)15/h2-8,16-17H,1H3. The van der Waals surface area contributed by atoms with Gasteiger partial charge in [0.25, 0.3) is 10.0 Å². The summed E-state index contributed by atoms with van der Waals surface area (Å²) in [5.41, 5.74) is 0.0445. The molecule has 0 aliphatic heterocycles. The molecule has 2 N–H and O–H groups in total. The summed E-state index contributed by atoms with van der Waals surface area (Å²) >= 11 is 0. The highest BCUT2D eigenvalue weighted by molar-refractivity contribution is 7.92. The van der Waals surface area contributed by atoms with Crippen molar-refractivity contribution in [2.75, 3.05) is 15.7 Å². The van der Waals surface area contributed by atoms with Crippen LogP contribution in [0.3, 0.4) is 0 Å². The average Bonchev–Trinajstić information content (AvgIpc) is 2.35. The van der Waals surface area contributed by atoms with E-state index in [0.717, 1.165) is 24.5 Å². The Bertz CT molecular complexity index is 924. The molecular formula is C13H12F2N2O4S2. The molecule has 0 bridgehead atoms. The maximum absolute atomic E-state index is 13.6. The van der Waals surface area contributed by atoms with Crippen LogP contribution in [0.1, 0.15) is 0 Å². The zero-order chi connectivity index (χ0) is 17.3. The monoisotopic (exact) mass is 362 g/mol. The van der Waals surface area contributed by atoms with E-state index in [1.54, 1.807) is 0 Å². The molecule has 0 fully saturated rings. The van der Waals surface area contributed by atoms with E-state index in [1.807, 2.05) is 4.72 Å². The number of hydrogen-bond donors (Lipinski definition) is 2. The summed E-state index contributed by atoms with van der Waals surface area (Å²) in [6, 6.07) is 7.94. The predicted molar refractivity (Wildman–Crippen MR) is 82.1 cm³/mol. The summed E-state index contributed by atoms with van der Waals surface area (Å²) in [6.45, 7) is 0. The molecule has 124 valence electrons. The second kappa shape index (κ2) is 6.13. The number of anilines is 2. The van der Waals surface area contributed by atoms with E-state index < -0.39 is 36.6 Å². The third kappa shape index (κ3) is 4.39. The number of hydrogen-bond acceptors (Lipinski definition) is 4. The van der Waals surface area contributed by atoms with E-state index in [4.69, 9.17) is 0 Å². The van der Waals surface area contributed by atoms with Crippen molar-refractivity contribution in [3.63, 3.8) is 0 Å². The summed E-state index contributed by atoms with van der Waals surface area (Å²) in [6.07, 6.45) is 0.929. The lowest BCUT2D eigenvalue weighted by Gasteiger charge is -2.11. The van der Waals surface area contributed by atoms with Crippen LogP contribution in [0.2, 0.25) is 0 Å². The van der Waals surface area contributed by atoms with E-state index in [0.29, 0.717) is 0 Å². The van der Waals surface area contributed by atoms with Gasteiger partial charge in [0.05, 0.1) is 17.6 Å². The van der Waals surface area contributed by atoms with Crippen molar-refractivity contribution in [3.8, 4) is 0 Å². The molecule has 0 spiro atoms. The van der Waals surface area contributed by atoms with Gasteiger partial charge in [0.2, 0.25) is 10.0 Å². The van der Waals surface area contributed by atoms with Crippen molar-refractivity contribution in [2.45, 2.75) is 4.90 Å². The second-order valence-electron chi connectivity index (χ2n) is 4.61. The lowest BCUT2D eigenvalue weighted by Crippen LogP contribution is -2.16. The van der Waals surface area contributed by atoms with E-state index >= 15 is 0 Å². The molecule has 0 aromatic heterocycles. The normalized spacial score (nSPS) is 12.0. The topological polar surface area (TPSA) is 92.3 Å². The molecule has 10 heteroatoms. The minimum absolute atomic E-state index is 0.0543. The SMILES string of the molecule is CS(=O)(=O)Nc1cccc(NS(=O)(=O)c2c(F)cccc2F)c1. The Morgan fingerprint density at radius 1 is 0.826 bits per heavy atom. The van der Waals surface area contributed by atoms with Crippen LogP contribution in [0.5, 0.6) is 0 Å². The van der Waals surface area contributed by atoms with Gasteiger partial charge in [-0.15, -0.1) is 0 Å². The molecule has 0 aliphatic carbocycles. The molecular weight excluding hydrogens is 350 g/mol. The lowest BCUT2D eigenvalue weighted by atomic mass is 10.3. The van der Waals surface area contributed by atoms with Crippen LogP contribution in [0.4, 0.5) is 20.2 Å². The Hall–Kier alpha value is -2.20. The van der Waals surface area contributed by atoms with Gasteiger partial charge in [-0.2, -0.15) is 0 Å². The number of benzene rings is 2. The Morgan fingerprint density at radius 2 is 1.30 bits per heavy atom. The highest BCUT2D eigenvalue weighted by Gasteiger charge is 2.23. The van der Waals surface area contributed by atoms with Gasteiger partial charge < -0.3 is 0 Å². The van der Waals surface area contributed by atoms with Gasteiger partial charge in [-0.3, -0.25) is 9.44 Å². The molecule has 23 heavy (non-hydrogen) atoms. The van der Waals surface area contributed by atoms with Crippen molar-refractivity contribution >= 4 is 31.4 Å². The Kier molecular flexibility index (Phi) is 4.57. The highest BCUT2D eigenvalue weighted by atomic mass is 32.2. The summed E-state index contributed by atoms with van der Waals surface area (Å²) < 4.78 is 77.9. The fourth-order valence-electron chi connectivity index (χ4n) is 1.81.